The maximum absolute atomic E-state index is 12.7. The third-order valence-corrected chi connectivity index (χ3v) is 4.05. The van der Waals surface area contributed by atoms with Gasteiger partial charge in [-0.05, 0) is 36.8 Å². The lowest BCUT2D eigenvalue weighted by Crippen LogP contribution is -2.24. The molecule has 0 aliphatic rings. The number of nitrogens with one attached hydrogen (secondary N) is 1. The van der Waals surface area contributed by atoms with Crippen LogP contribution in [0.2, 0.25) is 0 Å². The van der Waals surface area contributed by atoms with E-state index in [2.05, 4.69) is 0 Å². The molecule has 1 N–H and O–H groups in total. The fourth-order valence-corrected chi connectivity index (χ4v) is 2.57. The zero-order valence-corrected chi connectivity index (χ0v) is 17.5. The van der Waals surface area contributed by atoms with Gasteiger partial charge in [0.2, 0.25) is 0 Å². The summed E-state index contributed by atoms with van der Waals surface area (Å²) in [6, 6.07) is 6.62. The first-order valence-corrected chi connectivity index (χ1v) is 9.29. The van der Waals surface area contributed by atoms with E-state index in [-0.39, 0.29) is 5.75 Å². The number of benzene rings is 2. The summed E-state index contributed by atoms with van der Waals surface area (Å²) in [5.74, 6) is -1.29. The highest BCUT2D eigenvalue weighted by Gasteiger charge is 2.33. The molecule has 33 heavy (non-hydrogen) atoms. The summed E-state index contributed by atoms with van der Waals surface area (Å²) >= 11 is 0. The van der Waals surface area contributed by atoms with Crippen molar-refractivity contribution in [2.45, 2.75) is 13.1 Å². The molecule has 0 saturated carbocycles. The molecule has 0 radical (unpaired) electrons. The van der Waals surface area contributed by atoms with Crippen LogP contribution in [0.1, 0.15) is 18.1 Å². The second-order valence-electron chi connectivity index (χ2n) is 6.39. The Hall–Kier alpha value is -4.09. The third kappa shape index (κ3) is 7.23. The maximum Gasteiger partial charge on any atom is 0.416 e. The van der Waals surface area contributed by atoms with Crippen LogP contribution in [-0.2, 0) is 20.5 Å². The molecule has 2 rings (SSSR count). The van der Waals surface area contributed by atoms with Crippen LogP contribution in [0.5, 0.6) is 11.5 Å². The molecule has 0 heterocycles. The van der Waals surface area contributed by atoms with Crippen molar-refractivity contribution >= 4 is 29.3 Å². The minimum Gasteiger partial charge on any atom is -0.493 e. The van der Waals surface area contributed by atoms with Crippen molar-refractivity contribution in [1.29, 1.82) is 0 Å². The molecule has 0 unspecified atom stereocenters. The van der Waals surface area contributed by atoms with Gasteiger partial charge in [-0.3, -0.25) is 14.9 Å². The predicted octanol–water partition coefficient (Wildman–Crippen LogP) is 4.22. The number of carbonyl (C=O) groups is 2. The number of nitro groups is 1. The number of hydrogen-bond donors (Lipinski definition) is 1. The number of methoxy groups -OCH3 is 1. The number of esters is 1. The topological polar surface area (TPSA) is 117 Å². The smallest absolute Gasteiger partial charge is 0.416 e. The number of anilines is 1. The molecule has 0 saturated heterocycles. The zero-order valence-electron chi connectivity index (χ0n) is 17.5. The summed E-state index contributed by atoms with van der Waals surface area (Å²) in [5, 5.41) is 13.1. The Morgan fingerprint density at radius 2 is 1.85 bits per heavy atom. The lowest BCUT2D eigenvalue weighted by atomic mass is 10.1. The van der Waals surface area contributed by atoms with E-state index in [0.717, 1.165) is 11.6 Å². The zero-order chi connectivity index (χ0) is 24.6. The number of rotatable bonds is 9. The van der Waals surface area contributed by atoms with Gasteiger partial charge in [-0.1, -0.05) is 18.2 Å². The summed E-state index contributed by atoms with van der Waals surface area (Å²) in [4.78, 5) is 33.8. The van der Waals surface area contributed by atoms with Gasteiger partial charge in [0.15, 0.2) is 24.7 Å². The Labute approximate surface area is 185 Å². The Morgan fingerprint density at radius 1 is 1.12 bits per heavy atom. The molecule has 9 nitrogen and oxygen atoms in total. The molecule has 176 valence electrons. The van der Waals surface area contributed by atoms with E-state index in [1.54, 1.807) is 18.2 Å². The van der Waals surface area contributed by atoms with Gasteiger partial charge in [-0.25, -0.2) is 4.79 Å². The first-order valence-electron chi connectivity index (χ1n) is 9.29. The maximum atomic E-state index is 12.7. The van der Waals surface area contributed by atoms with Crippen molar-refractivity contribution in [3.8, 4) is 11.5 Å². The SMILES string of the molecule is C/C=C/c1ccc(OCC(=O)OCC(=O)Nc2ccc(C(F)(F)F)cc2[N+](=O)[O-])c(OC)c1. The largest absolute Gasteiger partial charge is 0.493 e. The van der Waals surface area contributed by atoms with Crippen LogP contribution < -0.4 is 14.8 Å². The Morgan fingerprint density at radius 3 is 2.45 bits per heavy atom. The first-order chi connectivity index (χ1) is 15.5. The Bertz CT molecular complexity index is 1070. The van der Waals surface area contributed by atoms with Crippen molar-refractivity contribution < 1.29 is 41.9 Å². The van der Waals surface area contributed by atoms with Crippen molar-refractivity contribution in [2.75, 3.05) is 25.6 Å². The minimum atomic E-state index is -4.79. The van der Waals surface area contributed by atoms with Gasteiger partial charge in [0.1, 0.15) is 5.69 Å². The first kappa shape index (κ1) is 25.2. The monoisotopic (exact) mass is 468 g/mol. The molecule has 0 aliphatic carbocycles. The summed E-state index contributed by atoms with van der Waals surface area (Å²) in [7, 11) is 1.42. The highest BCUT2D eigenvalue weighted by atomic mass is 19.4. The highest BCUT2D eigenvalue weighted by Crippen LogP contribution is 2.35. The van der Waals surface area contributed by atoms with Crippen LogP contribution in [0.15, 0.2) is 42.5 Å². The number of ether oxygens (including phenoxy) is 3. The van der Waals surface area contributed by atoms with E-state index in [9.17, 15) is 32.9 Å². The highest BCUT2D eigenvalue weighted by molar-refractivity contribution is 5.95. The van der Waals surface area contributed by atoms with Crippen LogP contribution >= 0.6 is 0 Å². The van der Waals surface area contributed by atoms with Gasteiger partial charge in [0.25, 0.3) is 11.6 Å². The van der Waals surface area contributed by atoms with Crippen molar-refractivity contribution in [3.05, 3.63) is 63.7 Å². The van der Waals surface area contributed by atoms with Crippen LogP contribution in [0, 0.1) is 10.1 Å². The standard InChI is InChI=1S/C21H19F3N2O7/c1-3-4-13-5-8-17(18(9-13)31-2)32-12-20(28)33-11-19(27)25-15-7-6-14(21(22,23)24)10-16(15)26(29)30/h3-10H,11-12H2,1-2H3,(H,25,27)/b4-3+. The summed E-state index contributed by atoms with van der Waals surface area (Å²) in [5.41, 5.74) is -1.83. The van der Waals surface area contributed by atoms with Gasteiger partial charge in [0.05, 0.1) is 17.6 Å². The van der Waals surface area contributed by atoms with Crippen LogP contribution in [0.25, 0.3) is 6.08 Å². The fraction of sp³-hybridized carbons (Fsp3) is 0.238. The molecular weight excluding hydrogens is 449 g/mol. The van der Waals surface area contributed by atoms with E-state index < -0.39 is 53.1 Å². The number of carbonyl (C=O) groups excluding carboxylic acids is 2. The number of nitrogens with zero attached hydrogens (tertiary/aromatic N) is 1. The number of allylic oxidation sites excluding steroid dienone is 1. The van der Waals surface area contributed by atoms with E-state index >= 15 is 0 Å². The second kappa shape index (κ2) is 11.0. The predicted molar refractivity (Wildman–Crippen MR) is 111 cm³/mol. The summed E-state index contributed by atoms with van der Waals surface area (Å²) in [6.07, 6.45) is -1.13. The third-order valence-electron chi connectivity index (χ3n) is 4.05. The van der Waals surface area contributed by atoms with Gasteiger partial charge in [0, 0.05) is 6.07 Å². The van der Waals surface area contributed by atoms with E-state index in [0.29, 0.717) is 17.9 Å². The number of nitro benzene ring substituents is 1. The van der Waals surface area contributed by atoms with Gasteiger partial charge in [-0.2, -0.15) is 13.2 Å². The van der Waals surface area contributed by atoms with E-state index in [1.807, 2.05) is 24.4 Å². The number of amides is 1. The fourth-order valence-electron chi connectivity index (χ4n) is 2.57. The molecule has 1 amide bonds. The molecule has 0 fully saturated rings. The van der Waals surface area contributed by atoms with E-state index in [1.165, 1.54) is 7.11 Å². The van der Waals surface area contributed by atoms with Gasteiger partial charge < -0.3 is 19.5 Å². The number of alkyl halides is 3. The number of hydrogen-bond acceptors (Lipinski definition) is 7. The molecule has 0 bridgehead atoms. The summed E-state index contributed by atoms with van der Waals surface area (Å²) < 4.78 is 53.5. The van der Waals surface area contributed by atoms with Crippen molar-refractivity contribution in [2.24, 2.45) is 0 Å². The molecule has 12 heteroatoms. The van der Waals surface area contributed by atoms with Crippen LogP contribution in [0.3, 0.4) is 0 Å². The molecular formula is C21H19F3N2O7. The quantitative estimate of drug-likeness (QED) is 0.333. The Kier molecular flexibility index (Phi) is 8.37. The average Bonchev–Trinajstić information content (AvgIpc) is 2.76. The molecule has 2 aromatic carbocycles. The molecule has 0 aromatic heterocycles. The van der Waals surface area contributed by atoms with Gasteiger partial charge in [-0.15, -0.1) is 0 Å². The Balaban J connectivity index is 1.94. The molecule has 2 aromatic rings. The van der Waals surface area contributed by atoms with Crippen molar-refractivity contribution in [1.82, 2.24) is 0 Å². The van der Waals surface area contributed by atoms with Crippen LogP contribution in [0.4, 0.5) is 24.5 Å². The molecule has 0 atom stereocenters. The van der Waals surface area contributed by atoms with Crippen LogP contribution in [-0.4, -0.2) is 37.1 Å². The lowest BCUT2D eigenvalue weighted by Gasteiger charge is -2.12. The summed E-state index contributed by atoms with van der Waals surface area (Å²) in [6.45, 7) is 0.448. The number of halogens is 3. The minimum absolute atomic E-state index is 0.257. The van der Waals surface area contributed by atoms with Gasteiger partial charge >= 0.3 is 12.1 Å². The lowest BCUT2D eigenvalue weighted by molar-refractivity contribution is -0.384. The van der Waals surface area contributed by atoms with E-state index in [4.69, 9.17) is 14.2 Å². The molecule has 0 spiro atoms. The second-order valence-corrected chi connectivity index (χ2v) is 6.39. The average molecular weight is 468 g/mol. The normalized spacial score (nSPS) is 11.2. The van der Waals surface area contributed by atoms with Crippen molar-refractivity contribution in [3.63, 3.8) is 0 Å². The molecule has 0 aliphatic heterocycles.